The number of rotatable bonds is 4. The van der Waals surface area contributed by atoms with Crippen molar-refractivity contribution in [2.45, 2.75) is 38.8 Å². The summed E-state index contributed by atoms with van der Waals surface area (Å²) in [6.07, 6.45) is 1.16. The van der Waals surface area contributed by atoms with Gasteiger partial charge in [0.1, 0.15) is 17.1 Å². The van der Waals surface area contributed by atoms with E-state index in [1.807, 2.05) is 0 Å². The summed E-state index contributed by atoms with van der Waals surface area (Å²) in [5.41, 5.74) is -0.535. The van der Waals surface area contributed by atoms with Crippen LogP contribution in [0.15, 0.2) is 23.1 Å². The second kappa shape index (κ2) is 6.18. The molecule has 0 saturated heterocycles. The van der Waals surface area contributed by atoms with E-state index in [0.717, 1.165) is 0 Å². The van der Waals surface area contributed by atoms with Crippen molar-refractivity contribution < 1.29 is 14.6 Å². The number of aliphatic hydroxyl groups excluding tert-OH is 1. The molecule has 0 saturated carbocycles. The Bertz CT molecular complexity index is 713. The molecule has 2 aromatic heterocycles. The van der Waals surface area contributed by atoms with Crippen LogP contribution in [0.25, 0.3) is 5.65 Å². The summed E-state index contributed by atoms with van der Waals surface area (Å²) in [6, 6.07) is 2.73. The molecule has 0 spiro atoms. The van der Waals surface area contributed by atoms with Crippen molar-refractivity contribution in [1.82, 2.24) is 19.7 Å². The third-order valence-corrected chi connectivity index (χ3v) is 2.85. The maximum atomic E-state index is 11.9. The van der Waals surface area contributed by atoms with Crippen LogP contribution in [0.3, 0.4) is 0 Å². The first-order chi connectivity index (χ1) is 10.3. The second-order valence-electron chi connectivity index (χ2n) is 5.87. The van der Waals surface area contributed by atoms with Gasteiger partial charge in [-0.25, -0.2) is 14.6 Å². The third kappa shape index (κ3) is 3.85. The number of H-pyrrole nitrogens is 1. The predicted octanol–water partition coefficient (Wildman–Crippen LogP) is 0.971. The van der Waals surface area contributed by atoms with E-state index < -0.39 is 17.7 Å². The summed E-state index contributed by atoms with van der Waals surface area (Å²) in [6.45, 7) is 5.08. The van der Waals surface area contributed by atoms with Gasteiger partial charge in [-0.15, -0.1) is 0 Å². The highest BCUT2D eigenvalue weighted by molar-refractivity contribution is 5.68. The number of aromatic nitrogens is 3. The van der Waals surface area contributed by atoms with Crippen LogP contribution in [0.1, 0.15) is 39.1 Å². The van der Waals surface area contributed by atoms with Crippen LogP contribution in [0, 0.1) is 0 Å². The Morgan fingerprint density at radius 3 is 2.91 bits per heavy atom. The van der Waals surface area contributed by atoms with Crippen molar-refractivity contribution in [2.24, 2.45) is 0 Å². The number of fused-ring (bicyclic) bond motifs is 1. The van der Waals surface area contributed by atoms with Crippen molar-refractivity contribution in [3.63, 3.8) is 0 Å². The van der Waals surface area contributed by atoms with Gasteiger partial charge in [0.05, 0.1) is 6.04 Å². The molecular weight excluding hydrogens is 288 g/mol. The molecule has 8 nitrogen and oxygen atoms in total. The first kappa shape index (κ1) is 16.0. The third-order valence-electron chi connectivity index (χ3n) is 2.85. The fraction of sp³-hybridized carbons (Fsp3) is 0.500. The lowest BCUT2D eigenvalue weighted by Crippen LogP contribution is -2.37. The first-order valence-electron chi connectivity index (χ1n) is 6.98. The van der Waals surface area contributed by atoms with E-state index in [2.05, 4.69) is 15.3 Å². The molecule has 2 heterocycles. The van der Waals surface area contributed by atoms with Crippen LogP contribution < -0.4 is 11.0 Å². The van der Waals surface area contributed by atoms with Gasteiger partial charge in [-0.3, -0.25) is 9.38 Å². The van der Waals surface area contributed by atoms with Gasteiger partial charge in [0.15, 0.2) is 0 Å². The molecule has 1 amide bonds. The van der Waals surface area contributed by atoms with Crippen molar-refractivity contribution in [1.29, 1.82) is 0 Å². The number of carbonyl (C=O) groups is 1. The summed E-state index contributed by atoms with van der Waals surface area (Å²) in [7, 11) is 0. The molecule has 120 valence electrons. The lowest BCUT2D eigenvalue weighted by atomic mass is 10.2. The Kier molecular flexibility index (Phi) is 4.51. The van der Waals surface area contributed by atoms with Gasteiger partial charge in [0, 0.05) is 12.8 Å². The number of aliphatic hydroxyl groups is 1. The molecule has 1 unspecified atom stereocenters. The van der Waals surface area contributed by atoms with Crippen LogP contribution in [0.4, 0.5) is 4.79 Å². The van der Waals surface area contributed by atoms with Gasteiger partial charge in [0.25, 0.3) is 0 Å². The van der Waals surface area contributed by atoms with Gasteiger partial charge >= 0.3 is 11.8 Å². The average Bonchev–Trinajstić information content (AvgIpc) is 2.84. The zero-order chi connectivity index (χ0) is 16.3. The number of aromatic amines is 1. The summed E-state index contributed by atoms with van der Waals surface area (Å²) < 4.78 is 6.54. The normalized spacial score (nSPS) is 13.1. The monoisotopic (exact) mass is 308 g/mol. The van der Waals surface area contributed by atoms with Crippen LogP contribution in [0.5, 0.6) is 0 Å². The Morgan fingerprint density at radius 2 is 2.27 bits per heavy atom. The standard InChI is InChI=1S/C14H20N4O4/c1-14(2,3)22-13(21)15-9(6-8-19)11-16-10-5-4-7-18(10)12(20)17-11/h4-5,7,9,19H,6,8H2,1-3H3,(H,15,21)(H,16,17,20). The number of hydrogen-bond donors (Lipinski definition) is 3. The lowest BCUT2D eigenvalue weighted by molar-refractivity contribution is 0.0493. The number of amides is 1. The lowest BCUT2D eigenvalue weighted by Gasteiger charge is -2.23. The van der Waals surface area contributed by atoms with E-state index in [-0.39, 0.29) is 24.5 Å². The number of carbonyl (C=O) groups excluding carboxylic acids is 1. The average molecular weight is 308 g/mol. The summed E-state index contributed by atoms with van der Waals surface area (Å²) in [5, 5.41) is 11.8. The van der Waals surface area contributed by atoms with Gasteiger partial charge < -0.3 is 15.2 Å². The van der Waals surface area contributed by atoms with Crippen LogP contribution >= 0.6 is 0 Å². The minimum atomic E-state index is -0.646. The van der Waals surface area contributed by atoms with Crippen LogP contribution in [-0.4, -0.2) is 37.8 Å². The molecule has 3 N–H and O–H groups in total. The fourth-order valence-corrected chi connectivity index (χ4v) is 1.98. The number of alkyl carbamates (subject to hydrolysis) is 1. The molecule has 2 rings (SSSR count). The molecule has 22 heavy (non-hydrogen) atoms. The van der Waals surface area contributed by atoms with E-state index >= 15 is 0 Å². The van der Waals surface area contributed by atoms with Gasteiger partial charge in [-0.05, 0) is 39.3 Å². The maximum Gasteiger partial charge on any atom is 0.408 e. The summed E-state index contributed by atoms with van der Waals surface area (Å²) in [4.78, 5) is 30.7. The van der Waals surface area contributed by atoms with E-state index in [1.165, 1.54) is 4.40 Å². The zero-order valence-corrected chi connectivity index (χ0v) is 12.8. The van der Waals surface area contributed by atoms with Crippen molar-refractivity contribution >= 4 is 11.7 Å². The highest BCUT2D eigenvalue weighted by atomic mass is 16.6. The maximum absolute atomic E-state index is 11.9. The highest BCUT2D eigenvalue weighted by Gasteiger charge is 2.22. The minimum Gasteiger partial charge on any atom is -0.444 e. The molecule has 0 radical (unpaired) electrons. The van der Waals surface area contributed by atoms with Crippen molar-refractivity contribution in [3.8, 4) is 0 Å². The number of hydrogen-bond acceptors (Lipinski definition) is 5. The van der Waals surface area contributed by atoms with Crippen LogP contribution in [-0.2, 0) is 4.74 Å². The zero-order valence-electron chi connectivity index (χ0n) is 12.8. The topological polar surface area (TPSA) is 109 Å². The van der Waals surface area contributed by atoms with Crippen molar-refractivity contribution in [2.75, 3.05) is 6.61 Å². The second-order valence-corrected chi connectivity index (χ2v) is 5.87. The molecule has 1 atom stereocenters. The Labute approximate surface area is 127 Å². The molecule has 8 heteroatoms. The molecule has 0 aliphatic rings. The Balaban J connectivity index is 2.25. The van der Waals surface area contributed by atoms with Gasteiger partial charge in [0.2, 0.25) is 0 Å². The first-order valence-corrected chi connectivity index (χ1v) is 6.98. The highest BCUT2D eigenvalue weighted by Crippen LogP contribution is 2.14. The smallest absolute Gasteiger partial charge is 0.408 e. The molecule has 0 aromatic carbocycles. The van der Waals surface area contributed by atoms with Crippen molar-refractivity contribution in [3.05, 3.63) is 34.6 Å². The minimum absolute atomic E-state index is 0.170. The quantitative estimate of drug-likeness (QED) is 0.780. The molecule has 0 fully saturated rings. The van der Waals surface area contributed by atoms with E-state index in [0.29, 0.717) is 5.65 Å². The van der Waals surface area contributed by atoms with Crippen LogP contribution in [0.2, 0.25) is 0 Å². The number of nitrogens with zero attached hydrogens (tertiary/aromatic N) is 2. The number of ether oxygens (including phenoxy) is 1. The summed E-state index contributed by atoms with van der Waals surface area (Å²) >= 11 is 0. The van der Waals surface area contributed by atoms with E-state index in [9.17, 15) is 9.59 Å². The van der Waals surface area contributed by atoms with Gasteiger partial charge in [-0.1, -0.05) is 0 Å². The molecule has 2 aromatic rings. The molecular formula is C14H20N4O4. The van der Waals surface area contributed by atoms with E-state index in [1.54, 1.807) is 39.1 Å². The van der Waals surface area contributed by atoms with Gasteiger partial charge in [-0.2, -0.15) is 0 Å². The fourth-order valence-electron chi connectivity index (χ4n) is 1.98. The molecule has 0 aliphatic carbocycles. The Morgan fingerprint density at radius 1 is 1.55 bits per heavy atom. The number of nitrogens with one attached hydrogen (secondary N) is 2. The molecule has 0 bridgehead atoms. The van der Waals surface area contributed by atoms with E-state index in [4.69, 9.17) is 9.84 Å². The molecule has 0 aliphatic heterocycles. The largest absolute Gasteiger partial charge is 0.444 e. The SMILES string of the molecule is CC(C)(C)OC(=O)NC(CCO)c1nc2cccn2c(=O)[nH]1. The predicted molar refractivity (Wildman–Crippen MR) is 79.6 cm³/mol. The summed E-state index contributed by atoms with van der Waals surface area (Å²) in [5.74, 6) is 0.274. The Hall–Kier alpha value is -2.35.